The molecule has 0 saturated heterocycles. The smallest absolute Gasteiger partial charge is 0.802 e. The second-order valence-corrected chi connectivity index (χ2v) is 19.4. The van der Waals surface area contributed by atoms with E-state index in [-0.39, 0.29) is 21.1 Å². The van der Waals surface area contributed by atoms with E-state index >= 15 is 0 Å². The van der Waals surface area contributed by atoms with E-state index in [4.69, 9.17) is 0 Å². The van der Waals surface area contributed by atoms with Crippen LogP contribution in [0.5, 0.6) is 0 Å². The summed E-state index contributed by atoms with van der Waals surface area (Å²) in [7, 11) is -9.74. The molecule has 0 N–H and O–H groups in total. The standard InChI is InChI=1S/4C10H23O2P.Mo/c4*1-2-3-4-5-6-7-8-9-10-13(11)12;/h4*13H,2-10H2,1H3,(H,11,12);/q;;;;+4/p-4. The monoisotopic (exact) mass is 918 g/mol. The van der Waals surface area contributed by atoms with Crippen LogP contribution in [0.2, 0.25) is 0 Å². The van der Waals surface area contributed by atoms with Gasteiger partial charge in [-0.05, 0) is 50.3 Å². The molecule has 13 heteroatoms. The van der Waals surface area contributed by atoms with Gasteiger partial charge in [0.15, 0.2) is 0 Å². The van der Waals surface area contributed by atoms with E-state index in [0.717, 1.165) is 51.4 Å². The fourth-order valence-electron chi connectivity index (χ4n) is 5.61. The molecule has 0 aromatic carbocycles. The van der Waals surface area contributed by atoms with Gasteiger partial charge in [-0.15, -0.1) is 0 Å². The molecular formula is C40H88MoO8P4. The molecule has 0 rings (SSSR count). The van der Waals surface area contributed by atoms with Gasteiger partial charge in [0.05, 0.1) is 0 Å². The van der Waals surface area contributed by atoms with Crippen LogP contribution in [0.3, 0.4) is 0 Å². The summed E-state index contributed by atoms with van der Waals surface area (Å²) < 4.78 is 41.0. The van der Waals surface area contributed by atoms with Crippen molar-refractivity contribution >= 4 is 32.1 Å². The Bertz CT molecular complexity index is 632. The van der Waals surface area contributed by atoms with Crippen molar-refractivity contribution in [1.82, 2.24) is 0 Å². The fraction of sp³-hybridized carbons (Fsp3) is 1.00. The molecule has 0 spiro atoms. The molecule has 0 aliphatic carbocycles. The predicted octanol–water partition coefficient (Wildman–Crippen LogP) is 11.8. The average molecular weight is 917 g/mol. The maximum Gasteiger partial charge on any atom is 4.00 e. The quantitative estimate of drug-likeness (QED) is 0.0341. The summed E-state index contributed by atoms with van der Waals surface area (Å²) in [5.74, 6) is 0. The van der Waals surface area contributed by atoms with Crippen LogP contribution in [-0.4, -0.2) is 24.6 Å². The number of hydrogen-bond donors (Lipinski definition) is 0. The van der Waals surface area contributed by atoms with Crippen molar-refractivity contribution in [2.45, 2.75) is 233 Å². The van der Waals surface area contributed by atoms with Gasteiger partial charge >= 0.3 is 21.1 Å². The molecule has 0 saturated carbocycles. The van der Waals surface area contributed by atoms with Gasteiger partial charge in [0.25, 0.3) is 0 Å². The largest absolute Gasteiger partial charge is 4.00 e. The summed E-state index contributed by atoms with van der Waals surface area (Å²) in [4.78, 5) is 41.0. The molecule has 0 fully saturated rings. The van der Waals surface area contributed by atoms with Crippen molar-refractivity contribution in [1.29, 1.82) is 0 Å². The van der Waals surface area contributed by atoms with Crippen molar-refractivity contribution < 1.29 is 58.9 Å². The van der Waals surface area contributed by atoms with Crippen LogP contribution in [-0.2, 0) is 39.3 Å². The van der Waals surface area contributed by atoms with Crippen LogP contribution in [0.1, 0.15) is 233 Å². The molecule has 0 aliphatic rings. The minimum Gasteiger partial charge on any atom is -0.802 e. The molecule has 0 bridgehead atoms. The van der Waals surface area contributed by atoms with Gasteiger partial charge in [-0.25, -0.2) is 0 Å². The molecule has 8 nitrogen and oxygen atoms in total. The molecule has 4 atom stereocenters. The Kier molecular flexibility index (Phi) is 72.2. The van der Waals surface area contributed by atoms with Crippen LogP contribution in [0, 0.1) is 0 Å². The van der Waals surface area contributed by atoms with E-state index in [2.05, 4.69) is 27.7 Å². The van der Waals surface area contributed by atoms with Gasteiger partial charge in [-0.3, -0.25) is 0 Å². The Morgan fingerprint density at radius 2 is 0.358 bits per heavy atom. The van der Waals surface area contributed by atoms with Crippen LogP contribution in [0.25, 0.3) is 0 Å². The molecule has 0 aliphatic heterocycles. The fourth-order valence-corrected chi connectivity index (χ4v) is 7.77. The maximum absolute atomic E-state index is 10.2. The van der Waals surface area contributed by atoms with E-state index in [1.807, 2.05) is 0 Å². The first-order chi connectivity index (χ1) is 25.1. The van der Waals surface area contributed by atoms with Crippen molar-refractivity contribution in [2.24, 2.45) is 0 Å². The number of unbranched alkanes of at least 4 members (excludes halogenated alkanes) is 28. The zero-order chi connectivity index (χ0) is 39.8. The first-order valence-corrected chi connectivity index (χ1v) is 28.0. The Morgan fingerprint density at radius 1 is 0.245 bits per heavy atom. The zero-order valence-corrected chi connectivity index (χ0v) is 41.1. The second-order valence-electron chi connectivity index (χ2n) is 14.4. The topological polar surface area (TPSA) is 161 Å². The molecule has 322 valence electrons. The molecule has 0 radical (unpaired) electrons. The first kappa shape index (κ1) is 63.6. The van der Waals surface area contributed by atoms with Crippen molar-refractivity contribution in [3.63, 3.8) is 0 Å². The molecular weight excluding hydrogens is 828 g/mol. The summed E-state index contributed by atoms with van der Waals surface area (Å²) in [5, 5.41) is 0. The van der Waals surface area contributed by atoms with Crippen LogP contribution in [0.4, 0.5) is 0 Å². The maximum atomic E-state index is 10.2. The van der Waals surface area contributed by atoms with Crippen LogP contribution < -0.4 is 19.6 Å². The number of hydrogen-bond acceptors (Lipinski definition) is 8. The van der Waals surface area contributed by atoms with E-state index in [9.17, 15) is 37.8 Å². The van der Waals surface area contributed by atoms with E-state index in [1.54, 1.807) is 0 Å². The Hall–Kier alpha value is 1.45. The van der Waals surface area contributed by atoms with Crippen molar-refractivity contribution in [2.75, 3.05) is 24.6 Å². The van der Waals surface area contributed by atoms with Gasteiger partial charge < -0.3 is 37.8 Å². The molecule has 4 unspecified atom stereocenters. The summed E-state index contributed by atoms with van der Waals surface area (Å²) in [6.45, 7) is 8.86. The molecule has 0 aromatic heterocycles. The average Bonchev–Trinajstić information content (AvgIpc) is 3.10. The Balaban J connectivity index is -0.000000192. The molecule has 53 heavy (non-hydrogen) atoms. The Morgan fingerprint density at radius 3 is 0.472 bits per heavy atom. The minimum absolute atomic E-state index is 0. The normalized spacial score (nSPS) is 12.8. The number of rotatable bonds is 36. The molecule has 0 aromatic rings. The Labute approximate surface area is 347 Å². The third-order valence-electron chi connectivity index (χ3n) is 8.94. The van der Waals surface area contributed by atoms with Crippen molar-refractivity contribution in [3.05, 3.63) is 0 Å². The van der Waals surface area contributed by atoms with Crippen LogP contribution >= 0.6 is 32.1 Å². The van der Waals surface area contributed by atoms with E-state index in [0.29, 0.717) is 24.6 Å². The third kappa shape index (κ3) is 82.3. The van der Waals surface area contributed by atoms with Crippen molar-refractivity contribution in [3.8, 4) is 0 Å². The second kappa shape index (κ2) is 60.1. The predicted molar refractivity (Wildman–Crippen MR) is 226 cm³/mol. The SMILES string of the molecule is CCCCCCCCCC[PH](=O)[O-].CCCCCCCCCC[PH](=O)[O-].CCCCCCCCCC[PH](=O)[O-].CCCCCCCCCC[PH](=O)[O-].[Mo+4]. The van der Waals surface area contributed by atoms with E-state index in [1.165, 1.54) is 154 Å². The summed E-state index contributed by atoms with van der Waals surface area (Å²) >= 11 is 0. The summed E-state index contributed by atoms with van der Waals surface area (Å²) in [6.07, 6.45) is 40.6. The summed E-state index contributed by atoms with van der Waals surface area (Å²) in [6, 6.07) is 0. The van der Waals surface area contributed by atoms with Crippen LogP contribution in [0.15, 0.2) is 0 Å². The van der Waals surface area contributed by atoms with Gasteiger partial charge in [0.1, 0.15) is 0 Å². The molecule has 0 heterocycles. The van der Waals surface area contributed by atoms with Gasteiger partial charge in [0, 0.05) is 32.1 Å². The van der Waals surface area contributed by atoms with E-state index < -0.39 is 32.1 Å². The van der Waals surface area contributed by atoms with Gasteiger partial charge in [-0.1, -0.05) is 207 Å². The van der Waals surface area contributed by atoms with Gasteiger partial charge in [0.2, 0.25) is 0 Å². The third-order valence-corrected chi connectivity index (χ3v) is 12.0. The minimum atomic E-state index is -2.44. The summed E-state index contributed by atoms with van der Waals surface area (Å²) in [5.41, 5.74) is 0. The first-order valence-electron chi connectivity index (χ1n) is 21.9. The molecule has 0 amide bonds. The zero-order valence-electron chi connectivity index (χ0n) is 35.1. The van der Waals surface area contributed by atoms with Gasteiger partial charge in [-0.2, -0.15) is 0 Å².